The summed E-state index contributed by atoms with van der Waals surface area (Å²) in [5, 5.41) is 5.31. The maximum Gasteiger partial charge on any atom is 0.307 e. The number of halogens is 1. The number of nitrogens with two attached hydrogens (primary N) is 1. The first kappa shape index (κ1) is 22.8. The van der Waals surface area contributed by atoms with E-state index in [1.807, 2.05) is 0 Å². The van der Waals surface area contributed by atoms with Crippen molar-refractivity contribution in [2.75, 3.05) is 32.6 Å². The van der Waals surface area contributed by atoms with Crippen LogP contribution in [0.5, 0.6) is 0 Å². The van der Waals surface area contributed by atoms with Gasteiger partial charge in [0.1, 0.15) is 0 Å². The van der Waals surface area contributed by atoms with E-state index in [4.69, 9.17) is 10.5 Å². The van der Waals surface area contributed by atoms with E-state index in [0.717, 1.165) is 0 Å². The molecule has 0 aliphatic heterocycles. The average Bonchev–Trinajstić information content (AvgIpc) is 2.59. The summed E-state index contributed by atoms with van der Waals surface area (Å²) in [5.74, 6) is -0.915. The third kappa shape index (κ3) is 8.48. The Bertz CT molecular complexity index is 561. The van der Waals surface area contributed by atoms with E-state index in [0.29, 0.717) is 11.3 Å². The quantitative estimate of drug-likeness (QED) is 0.548. The summed E-state index contributed by atoms with van der Waals surface area (Å²) in [6.07, 6.45) is -0.0640. The molecule has 0 aliphatic carbocycles. The number of esters is 1. The van der Waals surface area contributed by atoms with Crippen LogP contribution < -0.4 is 16.4 Å². The molecule has 0 spiro atoms. The Morgan fingerprint density at radius 3 is 2.32 bits per heavy atom. The van der Waals surface area contributed by atoms with E-state index in [2.05, 4.69) is 15.4 Å². The van der Waals surface area contributed by atoms with Gasteiger partial charge < -0.3 is 25.8 Å². The lowest BCUT2D eigenvalue weighted by Gasteiger charge is -2.12. The number of anilines is 1. The fourth-order valence-electron chi connectivity index (χ4n) is 1.87. The van der Waals surface area contributed by atoms with E-state index in [1.165, 1.54) is 14.2 Å². The number of amides is 2. The minimum atomic E-state index is -0.389. The molecule has 2 amide bonds. The summed E-state index contributed by atoms with van der Waals surface area (Å²) >= 11 is 0. The van der Waals surface area contributed by atoms with E-state index < -0.39 is 0 Å². The maximum atomic E-state index is 11.9. The van der Waals surface area contributed by atoms with Gasteiger partial charge in [-0.1, -0.05) is 0 Å². The van der Waals surface area contributed by atoms with Crippen molar-refractivity contribution in [1.29, 1.82) is 0 Å². The van der Waals surface area contributed by atoms with Crippen LogP contribution >= 0.6 is 12.4 Å². The van der Waals surface area contributed by atoms with Gasteiger partial charge in [0.05, 0.1) is 26.1 Å². The Balaban J connectivity index is 0.00000576. The van der Waals surface area contributed by atoms with Gasteiger partial charge in [-0.25, -0.2) is 0 Å². The summed E-state index contributed by atoms with van der Waals surface area (Å²) in [5.41, 5.74) is 6.46. The molecule has 1 rings (SSSR count). The number of carbonyl (C=O) groups is 3. The number of ether oxygens (including phenoxy) is 2. The van der Waals surface area contributed by atoms with Crippen molar-refractivity contribution in [1.82, 2.24) is 5.32 Å². The van der Waals surface area contributed by atoms with E-state index in [1.54, 1.807) is 24.3 Å². The van der Waals surface area contributed by atoms with Crippen LogP contribution in [0.2, 0.25) is 0 Å². The third-order valence-corrected chi connectivity index (χ3v) is 3.28. The molecule has 0 heterocycles. The van der Waals surface area contributed by atoms with Crippen LogP contribution in [-0.2, 0) is 19.1 Å². The van der Waals surface area contributed by atoms with Crippen LogP contribution in [0.15, 0.2) is 24.3 Å². The highest BCUT2D eigenvalue weighted by Gasteiger charge is 2.12. The molecule has 1 unspecified atom stereocenters. The second-order valence-corrected chi connectivity index (χ2v) is 5.01. The molecule has 0 aromatic heterocycles. The normalized spacial score (nSPS) is 11.0. The Morgan fingerprint density at radius 2 is 1.80 bits per heavy atom. The number of nitrogens with one attached hydrogen (secondary N) is 2. The maximum absolute atomic E-state index is 11.9. The molecule has 0 aliphatic rings. The predicted octanol–water partition coefficient (Wildman–Crippen LogP) is 0.704. The van der Waals surface area contributed by atoms with Crippen LogP contribution in [0.3, 0.4) is 0 Å². The molecule has 0 saturated heterocycles. The molecule has 1 atom stereocenters. The molecular weight excluding hydrogens is 350 g/mol. The number of benzene rings is 1. The van der Waals surface area contributed by atoms with Gasteiger partial charge in [0.2, 0.25) is 5.91 Å². The van der Waals surface area contributed by atoms with Crippen molar-refractivity contribution in [3.63, 3.8) is 0 Å². The Hall–Kier alpha value is -2.16. The van der Waals surface area contributed by atoms with Crippen molar-refractivity contribution < 1.29 is 23.9 Å². The van der Waals surface area contributed by atoms with Crippen molar-refractivity contribution in [2.45, 2.75) is 18.9 Å². The second kappa shape index (κ2) is 12.2. The number of methoxy groups -OCH3 is 2. The minimum absolute atomic E-state index is 0. The van der Waals surface area contributed by atoms with Gasteiger partial charge >= 0.3 is 5.97 Å². The molecule has 140 valence electrons. The highest BCUT2D eigenvalue weighted by atomic mass is 35.5. The molecule has 4 N–H and O–H groups in total. The minimum Gasteiger partial charge on any atom is -0.469 e. The van der Waals surface area contributed by atoms with Gasteiger partial charge in [-0.3, -0.25) is 14.4 Å². The van der Waals surface area contributed by atoms with Gasteiger partial charge in [0.25, 0.3) is 5.91 Å². The van der Waals surface area contributed by atoms with E-state index >= 15 is 0 Å². The van der Waals surface area contributed by atoms with E-state index in [9.17, 15) is 14.4 Å². The smallest absolute Gasteiger partial charge is 0.307 e. The Kier molecular flexibility index (Phi) is 11.2. The van der Waals surface area contributed by atoms with Crippen molar-refractivity contribution in [3.05, 3.63) is 29.8 Å². The van der Waals surface area contributed by atoms with Crippen LogP contribution in [0.4, 0.5) is 5.69 Å². The fraction of sp³-hybridized carbons (Fsp3) is 0.438. The highest BCUT2D eigenvalue weighted by molar-refractivity contribution is 5.96. The standard InChI is InChI=1S/C16H23N3O5.ClH/c1-23-13(10-17)9-14(20)19-12-5-3-11(4-6-12)16(22)18-8-7-15(21)24-2;/h3-6,13H,7-10,17H2,1-2H3,(H,18,22)(H,19,20);1H. The lowest BCUT2D eigenvalue weighted by Crippen LogP contribution is -2.28. The van der Waals surface area contributed by atoms with Crippen LogP contribution in [0.25, 0.3) is 0 Å². The van der Waals surface area contributed by atoms with Gasteiger partial charge in [0, 0.05) is 31.5 Å². The topological polar surface area (TPSA) is 120 Å². The van der Waals surface area contributed by atoms with Gasteiger partial charge in [-0.2, -0.15) is 0 Å². The van der Waals surface area contributed by atoms with Crippen molar-refractivity contribution in [2.24, 2.45) is 5.73 Å². The summed E-state index contributed by atoms with van der Waals surface area (Å²) in [7, 11) is 2.79. The fourth-order valence-corrected chi connectivity index (χ4v) is 1.87. The molecule has 0 bridgehead atoms. The summed E-state index contributed by atoms with van der Waals surface area (Å²) in [6, 6.07) is 6.41. The zero-order valence-corrected chi connectivity index (χ0v) is 15.1. The molecule has 8 nitrogen and oxygen atoms in total. The molecule has 25 heavy (non-hydrogen) atoms. The molecule has 1 aromatic carbocycles. The number of carbonyl (C=O) groups excluding carboxylic acids is 3. The molecule has 0 saturated carbocycles. The first-order valence-electron chi connectivity index (χ1n) is 7.48. The molecule has 1 aromatic rings. The largest absolute Gasteiger partial charge is 0.469 e. The lowest BCUT2D eigenvalue weighted by atomic mass is 10.2. The van der Waals surface area contributed by atoms with E-state index in [-0.39, 0.29) is 62.2 Å². The number of rotatable bonds is 9. The average molecular weight is 374 g/mol. The molecule has 9 heteroatoms. The predicted molar refractivity (Wildman–Crippen MR) is 95.8 cm³/mol. The van der Waals surface area contributed by atoms with Gasteiger partial charge in [-0.05, 0) is 24.3 Å². The first-order valence-corrected chi connectivity index (χ1v) is 7.48. The summed E-state index contributed by atoms with van der Waals surface area (Å²) in [6.45, 7) is 0.454. The zero-order valence-electron chi connectivity index (χ0n) is 14.2. The molecule has 0 radical (unpaired) electrons. The second-order valence-electron chi connectivity index (χ2n) is 5.01. The Morgan fingerprint density at radius 1 is 1.16 bits per heavy atom. The SMILES string of the molecule is COC(=O)CCNC(=O)c1ccc(NC(=O)CC(CN)OC)cc1.Cl. The van der Waals surface area contributed by atoms with Gasteiger partial charge in [0.15, 0.2) is 0 Å². The summed E-state index contributed by atoms with van der Waals surface area (Å²) < 4.78 is 9.54. The van der Waals surface area contributed by atoms with Crippen LogP contribution in [-0.4, -0.2) is 51.2 Å². The van der Waals surface area contributed by atoms with Crippen LogP contribution in [0.1, 0.15) is 23.2 Å². The monoisotopic (exact) mass is 373 g/mol. The summed E-state index contributed by atoms with van der Waals surface area (Å²) in [4.78, 5) is 34.7. The Labute approximate surface area is 152 Å². The van der Waals surface area contributed by atoms with Crippen molar-refractivity contribution >= 4 is 35.9 Å². The lowest BCUT2D eigenvalue weighted by molar-refractivity contribution is -0.140. The number of hydrogen-bond acceptors (Lipinski definition) is 6. The first-order chi connectivity index (χ1) is 11.5. The van der Waals surface area contributed by atoms with Gasteiger partial charge in [-0.15, -0.1) is 12.4 Å². The van der Waals surface area contributed by atoms with Crippen LogP contribution in [0, 0.1) is 0 Å². The molecule has 0 fully saturated rings. The highest BCUT2D eigenvalue weighted by Crippen LogP contribution is 2.10. The third-order valence-electron chi connectivity index (χ3n) is 3.28. The van der Waals surface area contributed by atoms with Crippen molar-refractivity contribution in [3.8, 4) is 0 Å². The number of hydrogen-bond donors (Lipinski definition) is 3. The molecular formula is C16H24ClN3O5. The zero-order chi connectivity index (χ0) is 17.9.